The maximum atomic E-state index is 9.15. The topological polar surface area (TPSA) is 49.8 Å². The molecule has 88 valence electrons. The van der Waals surface area contributed by atoms with Gasteiger partial charge in [-0.25, -0.2) is 0 Å². The Bertz CT molecular complexity index is 617. The Labute approximate surface area is 107 Å². The van der Waals surface area contributed by atoms with Crippen molar-refractivity contribution >= 4 is 5.69 Å². The van der Waals surface area contributed by atoms with Gasteiger partial charge in [0.15, 0.2) is 0 Å². The molecular formula is C16H14N2. The summed E-state index contributed by atoms with van der Waals surface area (Å²) in [6.45, 7) is 0. The van der Waals surface area contributed by atoms with Gasteiger partial charge in [0.05, 0.1) is 11.6 Å². The minimum Gasteiger partial charge on any atom is -0.399 e. The molecule has 2 N–H and O–H groups in total. The fourth-order valence-electron chi connectivity index (χ4n) is 2.26. The van der Waals surface area contributed by atoms with Gasteiger partial charge in [0.1, 0.15) is 0 Å². The molecule has 2 aromatic rings. The van der Waals surface area contributed by atoms with Gasteiger partial charge in [-0.3, -0.25) is 0 Å². The summed E-state index contributed by atoms with van der Waals surface area (Å²) in [6, 6.07) is 16.2. The average molecular weight is 234 g/mol. The molecule has 0 spiro atoms. The van der Waals surface area contributed by atoms with E-state index < -0.39 is 0 Å². The molecule has 0 saturated heterocycles. The summed E-state index contributed by atoms with van der Waals surface area (Å²) in [5, 5.41) is 9.15. The zero-order valence-corrected chi connectivity index (χ0v) is 10.1. The zero-order chi connectivity index (χ0) is 12.5. The number of nitriles is 1. The molecule has 0 amide bonds. The van der Waals surface area contributed by atoms with Crippen LogP contribution in [0.15, 0.2) is 42.5 Å². The van der Waals surface area contributed by atoms with Crippen LogP contribution in [-0.4, -0.2) is 0 Å². The van der Waals surface area contributed by atoms with E-state index in [1.54, 1.807) is 6.07 Å². The highest BCUT2D eigenvalue weighted by Crippen LogP contribution is 2.40. The molecule has 0 aromatic heterocycles. The van der Waals surface area contributed by atoms with Crippen molar-refractivity contribution < 1.29 is 0 Å². The van der Waals surface area contributed by atoms with E-state index in [2.05, 4.69) is 30.3 Å². The molecule has 1 aliphatic carbocycles. The number of hydrogen-bond donors (Lipinski definition) is 1. The summed E-state index contributed by atoms with van der Waals surface area (Å²) in [6.07, 6.45) is 2.62. The summed E-state index contributed by atoms with van der Waals surface area (Å²) >= 11 is 0. The van der Waals surface area contributed by atoms with Gasteiger partial charge < -0.3 is 5.73 Å². The second-order valence-corrected chi connectivity index (χ2v) is 4.81. The first-order valence-electron chi connectivity index (χ1n) is 6.18. The monoisotopic (exact) mass is 234 g/mol. The van der Waals surface area contributed by atoms with Crippen molar-refractivity contribution in [3.8, 4) is 17.2 Å². The lowest BCUT2D eigenvalue weighted by molar-refractivity contribution is 1.13. The average Bonchev–Trinajstić information content (AvgIpc) is 3.23. The molecular weight excluding hydrogens is 220 g/mol. The Kier molecular flexibility index (Phi) is 2.53. The second-order valence-electron chi connectivity index (χ2n) is 4.81. The van der Waals surface area contributed by atoms with Crippen LogP contribution in [0.3, 0.4) is 0 Å². The van der Waals surface area contributed by atoms with Crippen LogP contribution in [-0.2, 0) is 0 Å². The zero-order valence-electron chi connectivity index (χ0n) is 10.1. The van der Waals surface area contributed by atoms with Gasteiger partial charge in [0, 0.05) is 5.69 Å². The molecule has 0 bridgehead atoms. The van der Waals surface area contributed by atoms with Gasteiger partial charge in [-0.1, -0.05) is 30.3 Å². The van der Waals surface area contributed by atoms with Crippen LogP contribution in [0.2, 0.25) is 0 Å². The summed E-state index contributed by atoms with van der Waals surface area (Å²) < 4.78 is 0. The minimum absolute atomic E-state index is 0.630. The third kappa shape index (κ3) is 1.96. The predicted molar refractivity (Wildman–Crippen MR) is 73.0 cm³/mol. The number of benzene rings is 2. The smallest absolute Gasteiger partial charge is 0.0998 e. The molecule has 0 aliphatic heterocycles. The van der Waals surface area contributed by atoms with E-state index in [0.717, 1.165) is 17.0 Å². The molecule has 2 aromatic carbocycles. The van der Waals surface area contributed by atoms with Crippen LogP contribution in [0.25, 0.3) is 11.1 Å². The van der Waals surface area contributed by atoms with Crippen LogP contribution in [0.4, 0.5) is 5.69 Å². The van der Waals surface area contributed by atoms with Crippen LogP contribution >= 0.6 is 0 Å². The van der Waals surface area contributed by atoms with Crippen molar-refractivity contribution in [3.63, 3.8) is 0 Å². The maximum Gasteiger partial charge on any atom is 0.0998 e. The number of anilines is 1. The highest BCUT2D eigenvalue weighted by atomic mass is 14.5. The van der Waals surface area contributed by atoms with E-state index in [-0.39, 0.29) is 0 Å². The van der Waals surface area contributed by atoms with Crippen LogP contribution in [0.5, 0.6) is 0 Å². The van der Waals surface area contributed by atoms with Gasteiger partial charge in [-0.05, 0) is 47.6 Å². The Morgan fingerprint density at radius 1 is 1.06 bits per heavy atom. The van der Waals surface area contributed by atoms with Crippen molar-refractivity contribution in [1.82, 2.24) is 0 Å². The Morgan fingerprint density at radius 2 is 1.78 bits per heavy atom. The summed E-state index contributed by atoms with van der Waals surface area (Å²) in [5.41, 5.74) is 10.4. The van der Waals surface area contributed by atoms with Gasteiger partial charge in [-0.15, -0.1) is 0 Å². The molecule has 0 radical (unpaired) electrons. The normalized spacial score (nSPS) is 14.2. The van der Waals surface area contributed by atoms with E-state index in [9.17, 15) is 0 Å². The van der Waals surface area contributed by atoms with Gasteiger partial charge in [0.2, 0.25) is 0 Å². The van der Waals surface area contributed by atoms with Crippen molar-refractivity contribution in [2.75, 3.05) is 5.73 Å². The third-order valence-electron chi connectivity index (χ3n) is 3.43. The molecule has 2 heteroatoms. The highest BCUT2D eigenvalue weighted by molar-refractivity contribution is 5.73. The summed E-state index contributed by atoms with van der Waals surface area (Å²) in [7, 11) is 0. The van der Waals surface area contributed by atoms with Crippen molar-refractivity contribution in [2.45, 2.75) is 18.8 Å². The molecule has 0 atom stereocenters. The van der Waals surface area contributed by atoms with Crippen LogP contribution < -0.4 is 5.73 Å². The number of rotatable bonds is 2. The van der Waals surface area contributed by atoms with Crippen LogP contribution in [0.1, 0.15) is 29.9 Å². The largest absolute Gasteiger partial charge is 0.399 e. The Morgan fingerprint density at radius 3 is 2.39 bits per heavy atom. The first-order chi connectivity index (χ1) is 8.78. The fourth-order valence-corrected chi connectivity index (χ4v) is 2.26. The molecule has 0 heterocycles. The van der Waals surface area contributed by atoms with Gasteiger partial charge >= 0.3 is 0 Å². The van der Waals surface area contributed by atoms with E-state index >= 15 is 0 Å². The number of nitrogens with two attached hydrogens (primary N) is 1. The molecule has 1 aliphatic rings. The van der Waals surface area contributed by atoms with Gasteiger partial charge in [-0.2, -0.15) is 5.26 Å². The molecule has 1 fully saturated rings. The Balaban J connectivity index is 2.01. The molecule has 2 nitrogen and oxygen atoms in total. The van der Waals surface area contributed by atoms with Crippen molar-refractivity contribution in [2.24, 2.45) is 0 Å². The quantitative estimate of drug-likeness (QED) is 0.806. The summed E-state index contributed by atoms with van der Waals surface area (Å²) in [5.74, 6) is 0.765. The number of nitrogens with zero attached hydrogens (tertiary/aromatic N) is 1. The number of hydrogen-bond acceptors (Lipinski definition) is 2. The molecule has 0 unspecified atom stereocenters. The summed E-state index contributed by atoms with van der Waals surface area (Å²) in [4.78, 5) is 0. The standard InChI is InChI=1S/C16H14N2/c17-10-14-9-15(18)7-8-16(14)13-5-3-12(4-6-13)11-1-2-11/h3-9,11H,1-2,18H2. The first kappa shape index (κ1) is 10.9. The van der Waals surface area contributed by atoms with Gasteiger partial charge in [0.25, 0.3) is 0 Å². The lowest BCUT2D eigenvalue weighted by Crippen LogP contribution is -1.90. The number of nitrogen functional groups attached to an aromatic ring is 1. The SMILES string of the molecule is N#Cc1cc(N)ccc1-c1ccc(C2CC2)cc1. The lowest BCUT2D eigenvalue weighted by atomic mass is 9.98. The second kappa shape index (κ2) is 4.19. The minimum atomic E-state index is 0.630. The third-order valence-corrected chi connectivity index (χ3v) is 3.43. The van der Waals surface area contributed by atoms with Crippen molar-refractivity contribution in [1.29, 1.82) is 5.26 Å². The van der Waals surface area contributed by atoms with E-state index in [1.807, 2.05) is 12.1 Å². The molecule has 3 rings (SSSR count). The predicted octanol–water partition coefficient (Wildman–Crippen LogP) is 3.68. The first-order valence-corrected chi connectivity index (χ1v) is 6.18. The fraction of sp³-hybridized carbons (Fsp3) is 0.188. The Hall–Kier alpha value is -2.27. The molecule has 1 saturated carbocycles. The van der Waals surface area contributed by atoms with E-state index in [4.69, 9.17) is 11.0 Å². The van der Waals surface area contributed by atoms with E-state index in [0.29, 0.717) is 11.3 Å². The van der Waals surface area contributed by atoms with E-state index in [1.165, 1.54) is 18.4 Å². The van der Waals surface area contributed by atoms with Crippen LogP contribution in [0, 0.1) is 11.3 Å². The maximum absolute atomic E-state index is 9.15. The lowest BCUT2D eigenvalue weighted by Gasteiger charge is -2.06. The highest BCUT2D eigenvalue weighted by Gasteiger charge is 2.23. The molecule has 18 heavy (non-hydrogen) atoms. The van der Waals surface area contributed by atoms with Crippen molar-refractivity contribution in [3.05, 3.63) is 53.6 Å².